The van der Waals surface area contributed by atoms with Gasteiger partial charge >= 0.3 is 0 Å². The van der Waals surface area contributed by atoms with Gasteiger partial charge in [0.05, 0.1) is 6.42 Å². The largest absolute Gasteiger partial charge is 0.453 e. The van der Waals surface area contributed by atoms with Crippen LogP contribution in [0, 0.1) is 5.41 Å². The Morgan fingerprint density at radius 2 is 1.89 bits per heavy atom. The summed E-state index contributed by atoms with van der Waals surface area (Å²) in [7, 11) is 0. The van der Waals surface area contributed by atoms with Gasteiger partial charge in [-0.25, -0.2) is 0 Å². The summed E-state index contributed by atoms with van der Waals surface area (Å²) in [5.41, 5.74) is 0.139. The van der Waals surface area contributed by atoms with E-state index in [1.165, 1.54) is 0 Å². The molecule has 3 nitrogen and oxygen atoms in total. The van der Waals surface area contributed by atoms with Gasteiger partial charge in [0.15, 0.2) is 5.76 Å². The highest BCUT2D eigenvalue weighted by Gasteiger charge is 2.25. The summed E-state index contributed by atoms with van der Waals surface area (Å²) in [5.74, 6) is -0.114. The molecule has 0 aliphatic carbocycles. The first-order chi connectivity index (χ1) is 8.77. The molecule has 19 heavy (non-hydrogen) atoms. The van der Waals surface area contributed by atoms with E-state index in [0.29, 0.717) is 5.58 Å². The van der Waals surface area contributed by atoms with Crippen LogP contribution in [-0.2, 0) is 4.79 Å². The lowest BCUT2D eigenvalue weighted by molar-refractivity contribution is -0.125. The summed E-state index contributed by atoms with van der Waals surface area (Å²) in [6.45, 7) is 5.41. The lowest BCUT2D eigenvalue weighted by atomic mass is 9.88. The molecule has 0 aliphatic rings. The number of Topliss-reactive ketones (excluding diaryl/α,β-unsaturated/α-hetero) is 2. The molecule has 0 unspecified atom stereocenters. The quantitative estimate of drug-likeness (QED) is 0.622. The molecule has 4 heteroatoms. The average molecular weight is 323 g/mol. The maximum atomic E-state index is 12.0. The minimum Gasteiger partial charge on any atom is -0.453 e. The van der Waals surface area contributed by atoms with Crippen molar-refractivity contribution in [2.24, 2.45) is 5.41 Å². The van der Waals surface area contributed by atoms with Crippen LogP contribution in [0.5, 0.6) is 0 Å². The van der Waals surface area contributed by atoms with Crippen LogP contribution >= 0.6 is 15.9 Å². The molecular weight excluding hydrogens is 308 g/mol. The molecular formula is C15H15BrO3. The van der Waals surface area contributed by atoms with Gasteiger partial charge < -0.3 is 4.42 Å². The van der Waals surface area contributed by atoms with Crippen LogP contribution in [0.25, 0.3) is 11.0 Å². The Balaban J connectivity index is 2.25. The molecule has 0 saturated heterocycles. The van der Waals surface area contributed by atoms with Gasteiger partial charge in [-0.2, -0.15) is 0 Å². The lowest BCUT2D eigenvalue weighted by Gasteiger charge is -2.15. The SMILES string of the molecule is CC(C)(C)C(=O)CC(=O)c1cc2cc(Br)ccc2o1. The molecule has 1 aromatic heterocycles. The van der Waals surface area contributed by atoms with Crippen molar-refractivity contribution < 1.29 is 14.0 Å². The first-order valence-electron chi connectivity index (χ1n) is 6.03. The second-order valence-corrected chi connectivity index (χ2v) is 6.48. The minimum atomic E-state index is -0.509. The van der Waals surface area contributed by atoms with Crippen molar-refractivity contribution in [2.75, 3.05) is 0 Å². The van der Waals surface area contributed by atoms with E-state index in [4.69, 9.17) is 4.42 Å². The lowest BCUT2D eigenvalue weighted by Crippen LogP contribution is -2.22. The van der Waals surface area contributed by atoms with E-state index in [2.05, 4.69) is 15.9 Å². The fraction of sp³-hybridized carbons (Fsp3) is 0.333. The molecule has 1 heterocycles. The maximum Gasteiger partial charge on any atom is 0.205 e. The number of rotatable bonds is 3. The number of furan rings is 1. The zero-order chi connectivity index (χ0) is 14.2. The molecule has 2 rings (SSSR count). The monoisotopic (exact) mass is 322 g/mol. The van der Waals surface area contributed by atoms with E-state index in [-0.39, 0.29) is 23.7 Å². The molecule has 0 amide bonds. The minimum absolute atomic E-state index is 0.0841. The van der Waals surface area contributed by atoms with Gasteiger partial charge in [0, 0.05) is 15.3 Å². The van der Waals surface area contributed by atoms with E-state index in [0.717, 1.165) is 9.86 Å². The molecule has 0 spiro atoms. The summed E-state index contributed by atoms with van der Waals surface area (Å²) >= 11 is 3.36. The van der Waals surface area contributed by atoms with Gasteiger partial charge in [-0.3, -0.25) is 9.59 Å². The van der Waals surface area contributed by atoms with E-state index >= 15 is 0 Å². The van der Waals surface area contributed by atoms with Crippen molar-refractivity contribution in [3.05, 3.63) is 34.5 Å². The zero-order valence-electron chi connectivity index (χ0n) is 11.1. The highest BCUT2D eigenvalue weighted by atomic mass is 79.9. The van der Waals surface area contributed by atoms with Crippen molar-refractivity contribution in [2.45, 2.75) is 27.2 Å². The summed E-state index contributed by atoms with van der Waals surface area (Å²) < 4.78 is 6.40. The number of hydrogen-bond acceptors (Lipinski definition) is 3. The molecule has 2 aromatic rings. The Bertz CT molecular complexity index is 647. The van der Waals surface area contributed by atoms with Crippen molar-refractivity contribution in [3.8, 4) is 0 Å². The number of carbonyl (C=O) groups is 2. The summed E-state index contributed by atoms with van der Waals surface area (Å²) in [6, 6.07) is 7.20. The van der Waals surface area contributed by atoms with E-state index in [9.17, 15) is 9.59 Å². The number of benzene rings is 1. The van der Waals surface area contributed by atoms with Crippen LogP contribution in [0.2, 0.25) is 0 Å². The van der Waals surface area contributed by atoms with Crippen molar-refractivity contribution in [3.63, 3.8) is 0 Å². The van der Waals surface area contributed by atoms with Gasteiger partial charge in [-0.05, 0) is 24.3 Å². The molecule has 100 valence electrons. The molecule has 0 aliphatic heterocycles. The van der Waals surface area contributed by atoms with Crippen LogP contribution in [0.1, 0.15) is 37.7 Å². The summed E-state index contributed by atoms with van der Waals surface area (Å²) in [4.78, 5) is 23.9. The normalized spacial score (nSPS) is 11.8. The van der Waals surface area contributed by atoms with E-state index in [1.807, 2.05) is 12.1 Å². The average Bonchev–Trinajstić information content (AvgIpc) is 2.70. The van der Waals surface area contributed by atoms with Crippen LogP contribution in [0.4, 0.5) is 0 Å². The van der Waals surface area contributed by atoms with Crippen molar-refractivity contribution in [1.82, 2.24) is 0 Å². The third kappa shape index (κ3) is 3.13. The molecule has 0 atom stereocenters. The van der Waals surface area contributed by atoms with Gasteiger partial charge in [-0.1, -0.05) is 36.7 Å². The standard InChI is InChI=1S/C15H15BrO3/c1-15(2,3)14(18)8-11(17)13-7-9-6-10(16)4-5-12(9)19-13/h4-7H,8H2,1-3H3. The van der Waals surface area contributed by atoms with E-state index < -0.39 is 5.41 Å². The van der Waals surface area contributed by atoms with E-state index in [1.54, 1.807) is 32.9 Å². The number of hydrogen-bond donors (Lipinski definition) is 0. The van der Waals surface area contributed by atoms with Crippen molar-refractivity contribution >= 4 is 38.5 Å². The molecule has 0 N–H and O–H groups in total. The Kier molecular flexibility index (Phi) is 3.63. The van der Waals surface area contributed by atoms with Crippen LogP contribution in [0.3, 0.4) is 0 Å². The van der Waals surface area contributed by atoms with Gasteiger partial charge in [0.1, 0.15) is 11.4 Å². The van der Waals surface area contributed by atoms with Gasteiger partial charge in [-0.15, -0.1) is 0 Å². The van der Waals surface area contributed by atoms with Crippen LogP contribution in [-0.4, -0.2) is 11.6 Å². The predicted octanol–water partition coefficient (Wildman–Crippen LogP) is 4.38. The fourth-order valence-corrected chi connectivity index (χ4v) is 2.03. The van der Waals surface area contributed by atoms with Crippen LogP contribution < -0.4 is 0 Å². The third-order valence-corrected chi connectivity index (χ3v) is 3.40. The van der Waals surface area contributed by atoms with Gasteiger partial charge in [0.25, 0.3) is 0 Å². The number of fused-ring (bicyclic) bond motifs is 1. The molecule has 0 radical (unpaired) electrons. The number of carbonyl (C=O) groups excluding carboxylic acids is 2. The van der Waals surface area contributed by atoms with Gasteiger partial charge in [0.2, 0.25) is 5.78 Å². The zero-order valence-corrected chi connectivity index (χ0v) is 12.7. The molecule has 1 aromatic carbocycles. The Labute approximate surface area is 120 Å². The molecule has 0 saturated carbocycles. The number of halogens is 1. The highest BCUT2D eigenvalue weighted by Crippen LogP contribution is 2.25. The first kappa shape index (κ1) is 14.0. The summed E-state index contributed by atoms with van der Waals surface area (Å²) in [6.07, 6.45) is -0.121. The summed E-state index contributed by atoms with van der Waals surface area (Å²) in [5, 5.41) is 0.848. The third-order valence-electron chi connectivity index (χ3n) is 2.91. The Morgan fingerprint density at radius 1 is 1.21 bits per heavy atom. The highest BCUT2D eigenvalue weighted by molar-refractivity contribution is 9.10. The first-order valence-corrected chi connectivity index (χ1v) is 6.82. The second-order valence-electron chi connectivity index (χ2n) is 5.57. The smallest absolute Gasteiger partial charge is 0.205 e. The van der Waals surface area contributed by atoms with Crippen LogP contribution in [0.15, 0.2) is 33.2 Å². The number of ketones is 2. The Morgan fingerprint density at radius 3 is 2.53 bits per heavy atom. The molecule has 0 bridgehead atoms. The second kappa shape index (κ2) is 4.93. The molecule has 0 fully saturated rings. The predicted molar refractivity (Wildman–Crippen MR) is 77.3 cm³/mol. The fourth-order valence-electron chi connectivity index (χ4n) is 1.65. The topological polar surface area (TPSA) is 47.3 Å². The Hall–Kier alpha value is -1.42. The van der Waals surface area contributed by atoms with Crippen molar-refractivity contribution in [1.29, 1.82) is 0 Å². The maximum absolute atomic E-state index is 12.0.